The van der Waals surface area contributed by atoms with E-state index >= 15 is 0 Å². The Balaban J connectivity index is 1.63. The van der Waals surface area contributed by atoms with Crippen LogP contribution in [0.15, 0.2) is 55.1 Å². The van der Waals surface area contributed by atoms with E-state index in [0.717, 1.165) is 38.2 Å². The number of benzene rings is 2. The summed E-state index contributed by atoms with van der Waals surface area (Å²) in [5.41, 5.74) is 7.16. The van der Waals surface area contributed by atoms with Crippen molar-refractivity contribution < 1.29 is 4.74 Å². The minimum absolute atomic E-state index is 0.162. The molecule has 2 aliphatic rings. The Morgan fingerprint density at radius 1 is 1.28 bits per heavy atom. The van der Waals surface area contributed by atoms with Gasteiger partial charge < -0.3 is 9.72 Å². The third kappa shape index (κ3) is 3.00. The van der Waals surface area contributed by atoms with Crippen molar-refractivity contribution >= 4 is 10.9 Å². The maximum absolute atomic E-state index is 5.58. The summed E-state index contributed by atoms with van der Waals surface area (Å²) >= 11 is 0. The molecule has 150 valence electrons. The molecular weight excluding hydrogens is 356 g/mol. The topological polar surface area (TPSA) is 28.3 Å². The van der Waals surface area contributed by atoms with E-state index in [0.29, 0.717) is 5.92 Å². The molecule has 1 N–H and O–H groups in total. The number of ether oxygens (including phenoxy) is 1. The maximum Gasteiger partial charge on any atom is 0.119 e. The highest BCUT2D eigenvalue weighted by Crippen LogP contribution is 2.49. The number of likely N-dealkylation sites (tertiary alicyclic amines) is 1. The van der Waals surface area contributed by atoms with E-state index in [4.69, 9.17) is 4.74 Å². The van der Waals surface area contributed by atoms with Crippen molar-refractivity contribution in [2.45, 2.75) is 31.6 Å². The number of aromatic amines is 1. The number of nitrogens with one attached hydrogen (secondary N) is 1. The summed E-state index contributed by atoms with van der Waals surface area (Å²) in [5, 5.41) is 1.41. The van der Waals surface area contributed by atoms with E-state index < -0.39 is 0 Å². The molecule has 0 spiro atoms. The molecule has 0 saturated carbocycles. The van der Waals surface area contributed by atoms with E-state index in [1.165, 1.54) is 39.7 Å². The molecule has 3 heteroatoms. The number of nitrogens with zero attached hydrogens (tertiary/aromatic N) is 1. The average Bonchev–Trinajstić information content (AvgIpc) is 3.08. The Labute approximate surface area is 173 Å². The van der Waals surface area contributed by atoms with Crippen molar-refractivity contribution in [1.29, 1.82) is 0 Å². The van der Waals surface area contributed by atoms with Gasteiger partial charge in [0.1, 0.15) is 5.75 Å². The second-order valence-corrected chi connectivity index (χ2v) is 8.90. The number of fused-ring (bicyclic) bond motifs is 4. The van der Waals surface area contributed by atoms with Gasteiger partial charge in [0.15, 0.2) is 0 Å². The first-order chi connectivity index (χ1) is 14.1. The van der Waals surface area contributed by atoms with Gasteiger partial charge in [-0.3, -0.25) is 4.90 Å². The molecule has 2 aromatic carbocycles. The van der Waals surface area contributed by atoms with Crippen LogP contribution in [0.3, 0.4) is 0 Å². The van der Waals surface area contributed by atoms with E-state index in [9.17, 15) is 0 Å². The molecule has 1 fully saturated rings. The molecule has 3 aromatic rings. The highest BCUT2D eigenvalue weighted by molar-refractivity contribution is 5.85. The summed E-state index contributed by atoms with van der Waals surface area (Å²) in [6, 6.07) is 15.6. The first kappa shape index (κ1) is 18.5. The molecule has 1 unspecified atom stereocenters. The molecule has 0 amide bonds. The van der Waals surface area contributed by atoms with Crippen LogP contribution in [0, 0.1) is 12.8 Å². The molecular formula is C26H30N2O. The SMILES string of the molecule is C=CCN1CC[C@]2(c3cccc(OC)c3)Cc3[nH]c4cc(C)ccc4c3CC2C1. The first-order valence-corrected chi connectivity index (χ1v) is 10.7. The van der Waals surface area contributed by atoms with Gasteiger partial charge in [0.25, 0.3) is 0 Å². The quantitative estimate of drug-likeness (QED) is 0.637. The van der Waals surface area contributed by atoms with E-state index in [1.807, 2.05) is 6.08 Å². The molecule has 1 aliphatic carbocycles. The zero-order valence-electron chi connectivity index (χ0n) is 17.5. The monoisotopic (exact) mass is 386 g/mol. The zero-order valence-corrected chi connectivity index (χ0v) is 17.5. The molecule has 0 radical (unpaired) electrons. The number of methoxy groups -OCH3 is 1. The number of piperidine rings is 1. The lowest BCUT2D eigenvalue weighted by Gasteiger charge is -2.51. The molecule has 1 aliphatic heterocycles. The Morgan fingerprint density at radius 2 is 2.17 bits per heavy atom. The fraction of sp³-hybridized carbons (Fsp3) is 0.385. The number of aromatic nitrogens is 1. The average molecular weight is 387 g/mol. The van der Waals surface area contributed by atoms with Crippen LogP contribution in [0.4, 0.5) is 0 Å². The normalized spacial score (nSPS) is 24.1. The Bertz CT molecular complexity index is 1070. The predicted molar refractivity (Wildman–Crippen MR) is 120 cm³/mol. The fourth-order valence-electron chi connectivity index (χ4n) is 5.77. The lowest BCUT2D eigenvalue weighted by Crippen LogP contribution is -2.53. The number of hydrogen-bond donors (Lipinski definition) is 1. The minimum Gasteiger partial charge on any atom is -0.497 e. The molecule has 29 heavy (non-hydrogen) atoms. The number of hydrogen-bond acceptors (Lipinski definition) is 2. The van der Waals surface area contributed by atoms with Crippen LogP contribution in [0.5, 0.6) is 5.75 Å². The van der Waals surface area contributed by atoms with Crippen LogP contribution in [0.2, 0.25) is 0 Å². The lowest BCUT2D eigenvalue weighted by molar-refractivity contribution is 0.0896. The summed E-state index contributed by atoms with van der Waals surface area (Å²) in [6.07, 6.45) is 5.42. The first-order valence-electron chi connectivity index (χ1n) is 10.7. The van der Waals surface area contributed by atoms with Gasteiger partial charge in [-0.2, -0.15) is 0 Å². The van der Waals surface area contributed by atoms with Crippen molar-refractivity contribution in [2.75, 3.05) is 26.7 Å². The Hall–Kier alpha value is -2.52. The zero-order chi connectivity index (χ0) is 20.0. The number of aryl methyl sites for hydroxylation is 1. The molecule has 1 aromatic heterocycles. The maximum atomic E-state index is 5.58. The van der Waals surface area contributed by atoms with Crippen LogP contribution in [-0.4, -0.2) is 36.6 Å². The van der Waals surface area contributed by atoms with Crippen LogP contribution < -0.4 is 4.74 Å². The van der Waals surface area contributed by atoms with E-state index in [-0.39, 0.29) is 5.41 Å². The van der Waals surface area contributed by atoms with Gasteiger partial charge in [-0.1, -0.05) is 30.3 Å². The smallest absolute Gasteiger partial charge is 0.119 e. The molecule has 3 nitrogen and oxygen atoms in total. The van der Waals surface area contributed by atoms with Crippen molar-refractivity contribution in [1.82, 2.24) is 9.88 Å². The van der Waals surface area contributed by atoms with Gasteiger partial charge in [-0.15, -0.1) is 6.58 Å². The fourth-order valence-corrected chi connectivity index (χ4v) is 5.77. The molecule has 0 bridgehead atoms. The van der Waals surface area contributed by atoms with Crippen LogP contribution >= 0.6 is 0 Å². The van der Waals surface area contributed by atoms with Crippen molar-refractivity contribution in [3.8, 4) is 5.75 Å². The number of H-pyrrole nitrogens is 1. The van der Waals surface area contributed by atoms with Gasteiger partial charge >= 0.3 is 0 Å². The highest BCUT2D eigenvalue weighted by Gasteiger charge is 2.47. The van der Waals surface area contributed by atoms with Crippen LogP contribution in [-0.2, 0) is 18.3 Å². The van der Waals surface area contributed by atoms with Gasteiger partial charge in [0, 0.05) is 35.1 Å². The predicted octanol–water partition coefficient (Wildman–Crippen LogP) is 5.03. The third-order valence-corrected chi connectivity index (χ3v) is 7.26. The molecule has 2 atom stereocenters. The largest absolute Gasteiger partial charge is 0.497 e. The summed E-state index contributed by atoms with van der Waals surface area (Å²) in [6.45, 7) is 9.36. The van der Waals surface area contributed by atoms with Gasteiger partial charge in [-0.25, -0.2) is 0 Å². The van der Waals surface area contributed by atoms with Crippen molar-refractivity contribution in [2.24, 2.45) is 5.92 Å². The van der Waals surface area contributed by atoms with Crippen LogP contribution in [0.25, 0.3) is 10.9 Å². The molecule has 5 rings (SSSR count). The van der Waals surface area contributed by atoms with Crippen LogP contribution in [0.1, 0.15) is 28.8 Å². The summed E-state index contributed by atoms with van der Waals surface area (Å²) in [5.74, 6) is 1.55. The Morgan fingerprint density at radius 3 is 3.00 bits per heavy atom. The third-order valence-electron chi connectivity index (χ3n) is 7.26. The lowest BCUT2D eigenvalue weighted by atomic mass is 9.58. The summed E-state index contributed by atoms with van der Waals surface area (Å²) in [4.78, 5) is 6.36. The van der Waals surface area contributed by atoms with E-state index in [2.05, 4.69) is 65.9 Å². The Kier molecular flexibility index (Phi) is 4.51. The summed E-state index contributed by atoms with van der Waals surface area (Å²) in [7, 11) is 1.76. The van der Waals surface area contributed by atoms with Gasteiger partial charge in [0.05, 0.1) is 7.11 Å². The van der Waals surface area contributed by atoms with Gasteiger partial charge in [0.2, 0.25) is 0 Å². The van der Waals surface area contributed by atoms with Crippen molar-refractivity contribution in [3.05, 3.63) is 77.5 Å². The second kappa shape index (κ2) is 7.07. The van der Waals surface area contributed by atoms with Gasteiger partial charge in [-0.05, 0) is 73.5 Å². The highest BCUT2D eigenvalue weighted by atomic mass is 16.5. The molecule has 2 heterocycles. The van der Waals surface area contributed by atoms with Crippen molar-refractivity contribution in [3.63, 3.8) is 0 Å². The summed E-state index contributed by atoms with van der Waals surface area (Å²) < 4.78 is 5.58. The second-order valence-electron chi connectivity index (χ2n) is 8.90. The standard InChI is InChI=1S/C26H30N2O/c1-4-11-28-12-10-26(19-6-5-7-21(14-19)29-3)16-25-23(15-20(26)17-28)22-9-8-18(2)13-24(22)27-25/h4-9,13-14,20,27H,1,10-12,15-17H2,2-3H3/t20?,26-/m1/s1. The minimum atomic E-state index is 0.162. The molecule has 1 saturated heterocycles. The number of rotatable bonds is 4. The van der Waals surface area contributed by atoms with E-state index in [1.54, 1.807) is 7.11 Å².